The second-order valence-corrected chi connectivity index (χ2v) is 9.39. The van der Waals surface area contributed by atoms with Crippen molar-refractivity contribution in [2.75, 3.05) is 26.7 Å². The Kier molecular flexibility index (Phi) is 8.29. The van der Waals surface area contributed by atoms with Crippen LogP contribution >= 0.6 is 11.3 Å². The first kappa shape index (κ1) is 25.3. The molecule has 0 bridgehead atoms. The molecule has 0 spiro atoms. The average molecular weight is 508 g/mol. The fourth-order valence-corrected chi connectivity index (χ4v) is 5.04. The number of carbonyl (C=O) groups excluding carboxylic acids is 3. The Bertz CT molecular complexity index is 1190. The van der Waals surface area contributed by atoms with Crippen LogP contribution in [0.15, 0.2) is 66.3 Å². The van der Waals surface area contributed by atoms with E-state index in [0.29, 0.717) is 35.7 Å². The largest absolute Gasteiger partial charge is 0.497 e. The summed E-state index contributed by atoms with van der Waals surface area (Å²) in [5, 5.41) is 4.65. The van der Waals surface area contributed by atoms with Gasteiger partial charge in [0.05, 0.1) is 23.6 Å². The molecule has 0 radical (unpaired) electrons. The molecule has 3 heterocycles. The van der Waals surface area contributed by atoms with Crippen molar-refractivity contribution in [2.45, 2.75) is 25.0 Å². The molecule has 1 aromatic carbocycles. The maximum absolute atomic E-state index is 13.6. The maximum Gasteiger partial charge on any atom is 0.264 e. The van der Waals surface area contributed by atoms with Crippen molar-refractivity contribution in [1.29, 1.82) is 0 Å². The molecule has 2 unspecified atom stereocenters. The van der Waals surface area contributed by atoms with Gasteiger partial charge in [0, 0.05) is 38.6 Å². The van der Waals surface area contributed by atoms with Gasteiger partial charge in [-0.15, -0.1) is 11.3 Å². The van der Waals surface area contributed by atoms with E-state index in [0.717, 1.165) is 5.56 Å². The van der Waals surface area contributed by atoms with E-state index < -0.39 is 6.04 Å². The van der Waals surface area contributed by atoms with E-state index in [1.165, 1.54) is 22.4 Å². The Labute approximate surface area is 213 Å². The molecule has 1 aliphatic rings. The van der Waals surface area contributed by atoms with Gasteiger partial charge >= 0.3 is 0 Å². The van der Waals surface area contributed by atoms with Gasteiger partial charge < -0.3 is 25.6 Å². The number of amides is 3. The van der Waals surface area contributed by atoms with Crippen molar-refractivity contribution in [3.05, 3.63) is 82.3 Å². The summed E-state index contributed by atoms with van der Waals surface area (Å²) in [6, 6.07) is 13.4. The molecule has 0 saturated carbocycles. The number of nitrogens with zero attached hydrogens (tertiary/aromatic N) is 3. The lowest BCUT2D eigenvalue weighted by Gasteiger charge is -2.29. The van der Waals surface area contributed by atoms with Crippen LogP contribution in [0.5, 0.6) is 5.75 Å². The van der Waals surface area contributed by atoms with Crippen LogP contribution in [0.4, 0.5) is 0 Å². The summed E-state index contributed by atoms with van der Waals surface area (Å²) in [5.41, 5.74) is 6.85. The highest BCUT2D eigenvalue weighted by Gasteiger charge is 2.43. The highest BCUT2D eigenvalue weighted by Crippen LogP contribution is 2.28. The first-order chi connectivity index (χ1) is 17.5. The zero-order valence-electron chi connectivity index (χ0n) is 20.0. The van der Waals surface area contributed by atoms with Crippen LogP contribution in [0.2, 0.25) is 0 Å². The molecular formula is C26H29N5O4S. The predicted octanol–water partition coefficient (Wildman–Crippen LogP) is 2.15. The fraction of sp³-hybridized carbons (Fsp3) is 0.308. The maximum atomic E-state index is 13.6. The first-order valence-electron chi connectivity index (χ1n) is 11.7. The molecule has 36 heavy (non-hydrogen) atoms. The van der Waals surface area contributed by atoms with Crippen LogP contribution in [0.25, 0.3) is 0 Å². The first-order valence-corrected chi connectivity index (χ1v) is 12.6. The number of pyridine rings is 1. The molecule has 1 fully saturated rings. The summed E-state index contributed by atoms with van der Waals surface area (Å²) in [6.07, 6.45) is 3.38. The van der Waals surface area contributed by atoms with Crippen LogP contribution < -0.4 is 15.8 Å². The van der Waals surface area contributed by atoms with E-state index in [2.05, 4.69) is 10.3 Å². The molecule has 2 atom stereocenters. The third-order valence-corrected chi connectivity index (χ3v) is 6.97. The Morgan fingerprint density at radius 1 is 1.22 bits per heavy atom. The van der Waals surface area contributed by atoms with Gasteiger partial charge in [0.25, 0.3) is 11.8 Å². The SMILES string of the molecule is COc1cccc(CN(C(=O)c2cccs2)C2CC(C(=O)NCCN)N(C(=O)c3cccnc3)C2)c1. The minimum absolute atomic E-state index is 0.144. The number of likely N-dealkylation sites (tertiary alicyclic amines) is 1. The minimum Gasteiger partial charge on any atom is -0.497 e. The van der Waals surface area contributed by atoms with Crippen LogP contribution in [0.3, 0.4) is 0 Å². The molecular weight excluding hydrogens is 478 g/mol. The molecule has 9 nitrogen and oxygen atoms in total. The molecule has 3 N–H and O–H groups in total. The molecule has 2 aromatic heterocycles. The predicted molar refractivity (Wildman–Crippen MR) is 137 cm³/mol. The number of nitrogens with one attached hydrogen (secondary N) is 1. The zero-order valence-corrected chi connectivity index (χ0v) is 20.8. The van der Waals surface area contributed by atoms with E-state index in [9.17, 15) is 14.4 Å². The van der Waals surface area contributed by atoms with E-state index in [-0.39, 0.29) is 36.9 Å². The number of rotatable bonds is 9. The average Bonchev–Trinajstić information content (AvgIpc) is 3.61. The summed E-state index contributed by atoms with van der Waals surface area (Å²) in [4.78, 5) is 48.0. The number of aromatic nitrogens is 1. The van der Waals surface area contributed by atoms with Crippen LogP contribution in [-0.2, 0) is 11.3 Å². The zero-order chi connectivity index (χ0) is 25.5. The third-order valence-electron chi connectivity index (χ3n) is 6.12. The van der Waals surface area contributed by atoms with E-state index in [1.807, 2.05) is 35.7 Å². The Morgan fingerprint density at radius 3 is 2.78 bits per heavy atom. The molecule has 188 valence electrons. The van der Waals surface area contributed by atoms with Gasteiger partial charge in [0.1, 0.15) is 11.8 Å². The van der Waals surface area contributed by atoms with Crippen LogP contribution in [0.1, 0.15) is 32.0 Å². The Morgan fingerprint density at radius 2 is 2.08 bits per heavy atom. The van der Waals surface area contributed by atoms with E-state index in [1.54, 1.807) is 36.4 Å². The fourth-order valence-electron chi connectivity index (χ4n) is 4.36. The lowest BCUT2D eigenvalue weighted by molar-refractivity contribution is -0.124. The summed E-state index contributed by atoms with van der Waals surface area (Å²) in [5.74, 6) is -0.0435. The Balaban J connectivity index is 1.66. The van der Waals surface area contributed by atoms with Crippen LogP contribution in [-0.4, -0.2) is 71.3 Å². The van der Waals surface area contributed by atoms with Crippen LogP contribution in [0, 0.1) is 0 Å². The van der Waals surface area contributed by atoms with Crippen molar-refractivity contribution in [1.82, 2.24) is 20.1 Å². The molecule has 1 aliphatic heterocycles. The minimum atomic E-state index is -0.738. The quantitative estimate of drug-likeness (QED) is 0.458. The highest BCUT2D eigenvalue weighted by atomic mass is 32.1. The third kappa shape index (κ3) is 5.72. The molecule has 1 saturated heterocycles. The molecule has 3 aromatic rings. The van der Waals surface area contributed by atoms with Gasteiger partial charge in [-0.2, -0.15) is 0 Å². The number of carbonyl (C=O) groups is 3. The lowest BCUT2D eigenvalue weighted by atomic mass is 10.1. The summed E-state index contributed by atoms with van der Waals surface area (Å²) < 4.78 is 5.35. The number of hydrogen-bond acceptors (Lipinski definition) is 7. The van der Waals surface area contributed by atoms with Crippen molar-refractivity contribution in [2.24, 2.45) is 5.73 Å². The van der Waals surface area contributed by atoms with E-state index >= 15 is 0 Å². The van der Waals surface area contributed by atoms with Crippen molar-refractivity contribution in [3.63, 3.8) is 0 Å². The van der Waals surface area contributed by atoms with Gasteiger partial charge in [0.15, 0.2) is 0 Å². The molecule has 3 amide bonds. The second kappa shape index (κ2) is 11.8. The summed E-state index contributed by atoms with van der Waals surface area (Å²) >= 11 is 1.36. The van der Waals surface area contributed by atoms with Crippen molar-refractivity contribution >= 4 is 29.1 Å². The molecule has 10 heteroatoms. The normalized spacial score (nSPS) is 17.0. The number of hydrogen-bond donors (Lipinski definition) is 2. The highest BCUT2D eigenvalue weighted by molar-refractivity contribution is 7.12. The number of methoxy groups -OCH3 is 1. The topological polar surface area (TPSA) is 118 Å². The molecule has 4 rings (SSSR count). The summed E-state index contributed by atoms with van der Waals surface area (Å²) in [6.45, 7) is 1.12. The van der Waals surface area contributed by atoms with Crippen molar-refractivity contribution < 1.29 is 19.1 Å². The monoisotopic (exact) mass is 507 g/mol. The number of benzene rings is 1. The van der Waals surface area contributed by atoms with Gasteiger partial charge in [0.2, 0.25) is 5.91 Å². The summed E-state index contributed by atoms with van der Waals surface area (Å²) in [7, 11) is 1.59. The number of nitrogens with two attached hydrogens (primary N) is 1. The second-order valence-electron chi connectivity index (χ2n) is 8.45. The van der Waals surface area contributed by atoms with Gasteiger partial charge in [-0.05, 0) is 47.7 Å². The lowest BCUT2D eigenvalue weighted by Crippen LogP contribution is -2.47. The van der Waals surface area contributed by atoms with Gasteiger partial charge in [-0.1, -0.05) is 18.2 Å². The molecule has 0 aliphatic carbocycles. The number of ether oxygens (including phenoxy) is 1. The van der Waals surface area contributed by atoms with E-state index in [4.69, 9.17) is 10.5 Å². The van der Waals surface area contributed by atoms with Gasteiger partial charge in [-0.3, -0.25) is 19.4 Å². The Hall–Kier alpha value is -3.76. The van der Waals surface area contributed by atoms with Crippen molar-refractivity contribution in [3.8, 4) is 5.75 Å². The number of thiophene rings is 1. The van der Waals surface area contributed by atoms with Gasteiger partial charge in [-0.25, -0.2) is 0 Å². The smallest absolute Gasteiger partial charge is 0.264 e. The standard InChI is InChI=1S/C26H29N5O4S/c1-35-21-7-2-5-18(13-21)16-30(26(34)23-8-4-12-36-23)20-14-22(24(32)29-11-9-27)31(17-20)25(33)19-6-3-10-28-15-19/h2-8,10,12-13,15,20,22H,9,11,14,16-17,27H2,1H3,(H,29,32).